The van der Waals surface area contributed by atoms with Gasteiger partial charge in [-0.3, -0.25) is 4.90 Å². The van der Waals surface area contributed by atoms with E-state index in [-0.39, 0.29) is 17.4 Å². The number of aromatic nitrogens is 3. The van der Waals surface area contributed by atoms with Crippen LogP contribution in [0.2, 0.25) is 0 Å². The first kappa shape index (κ1) is 15.0. The van der Waals surface area contributed by atoms with Gasteiger partial charge in [0, 0.05) is 11.6 Å². The maximum absolute atomic E-state index is 13.9. The normalized spacial score (nSPS) is 18.2. The molecule has 120 valence electrons. The number of hydrogen-bond donors (Lipinski definition) is 1. The van der Waals surface area contributed by atoms with Gasteiger partial charge < -0.3 is 5.73 Å². The Bertz CT molecular complexity index is 673. The van der Waals surface area contributed by atoms with Crippen molar-refractivity contribution in [2.45, 2.75) is 24.9 Å². The SMILES string of the molecule is Nc1ncc2c(F)cc(C3CCN(CC(F)(F)F)CC3)n2n1. The average molecular weight is 317 g/mol. The maximum atomic E-state index is 13.9. The summed E-state index contributed by atoms with van der Waals surface area (Å²) < 4.78 is 52.5. The molecule has 0 spiro atoms. The molecule has 3 rings (SSSR count). The molecule has 1 aliphatic rings. The molecule has 1 fully saturated rings. The highest BCUT2D eigenvalue weighted by molar-refractivity contribution is 5.50. The second kappa shape index (κ2) is 5.38. The third kappa shape index (κ3) is 2.99. The van der Waals surface area contributed by atoms with E-state index < -0.39 is 18.5 Å². The van der Waals surface area contributed by atoms with Crippen LogP contribution in [-0.4, -0.2) is 45.3 Å². The lowest BCUT2D eigenvalue weighted by molar-refractivity contribution is -0.148. The van der Waals surface area contributed by atoms with E-state index >= 15 is 0 Å². The average Bonchev–Trinajstić information content (AvgIpc) is 2.74. The smallest absolute Gasteiger partial charge is 0.367 e. The fraction of sp³-hybridized carbons (Fsp3) is 0.538. The lowest BCUT2D eigenvalue weighted by Crippen LogP contribution is -2.39. The molecule has 1 saturated heterocycles. The molecule has 0 radical (unpaired) electrons. The molecule has 9 heteroatoms. The van der Waals surface area contributed by atoms with E-state index in [4.69, 9.17) is 5.73 Å². The van der Waals surface area contributed by atoms with Crippen LogP contribution in [0.4, 0.5) is 23.5 Å². The van der Waals surface area contributed by atoms with E-state index in [2.05, 4.69) is 10.1 Å². The van der Waals surface area contributed by atoms with Gasteiger partial charge in [0.05, 0.1) is 12.7 Å². The largest absolute Gasteiger partial charge is 0.401 e. The second-order valence-electron chi connectivity index (χ2n) is 5.50. The van der Waals surface area contributed by atoms with E-state index in [1.807, 2.05) is 0 Å². The van der Waals surface area contributed by atoms with Crippen LogP contribution in [-0.2, 0) is 0 Å². The molecule has 0 bridgehead atoms. The number of halogens is 4. The standard InChI is InChI=1S/C13H15F4N5/c14-9-5-10(22-11(9)6-19-12(18)20-22)8-1-3-21(4-2-8)7-13(15,16)17/h5-6,8H,1-4,7H2,(H2,18,20). The molecular formula is C13H15F4N5. The predicted octanol–water partition coefficient (Wildman–Crippen LogP) is 2.19. The fourth-order valence-corrected chi connectivity index (χ4v) is 2.92. The predicted molar refractivity (Wildman–Crippen MR) is 71.8 cm³/mol. The first-order chi connectivity index (χ1) is 10.3. The van der Waals surface area contributed by atoms with Gasteiger partial charge in [0.15, 0.2) is 5.82 Å². The molecule has 2 aromatic rings. The topological polar surface area (TPSA) is 59.5 Å². The first-order valence-electron chi connectivity index (χ1n) is 6.92. The highest BCUT2D eigenvalue weighted by Gasteiger charge is 2.33. The lowest BCUT2D eigenvalue weighted by Gasteiger charge is -2.32. The summed E-state index contributed by atoms with van der Waals surface area (Å²) in [6, 6.07) is 1.37. The molecule has 3 heterocycles. The fourth-order valence-electron chi connectivity index (χ4n) is 2.92. The molecule has 2 aromatic heterocycles. The Morgan fingerprint density at radius 2 is 1.95 bits per heavy atom. The molecule has 1 aliphatic heterocycles. The van der Waals surface area contributed by atoms with Gasteiger partial charge in [-0.1, -0.05) is 0 Å². The summed E-state index contributed by atoms with van der Waals surface area (Å²) in [7, 11) is 0. The van der Waals surface area contributed by atoms with Crippen LogP contribution in [0.5, 0.6) is 0 Å². The molecule has 0 amide bonds. The number of anilines is 1. The Hall–Kier alpha value is -1.90. The molecular weight excluding hydrogens is 302 g/mol. The van der Waals surface area contributed by atoms with E-state index in [1.165, 1.54) is 21.7 Å². The zero-order chi connectivity index (χ0) is 15.9. The van der Waals surface area contributed by atoms with Gasteiger partial charge in [0.2, 0.25) is 5.95 Å². The number of nitrogen functional groups attached to an aromatic ring is 1. The molecule has 2 N–H and O–H groups in total. The summed E-state index contributed by atoms with van der Waals surface area (Å²) in [4.78, 5) is 5.12. The summed E-state index contributed by atoms with van der Waals surface area (Å²) in [5.74, 6) is -0.470. The Morgan fingerprint density at radius 3 is 2.59 bits per heavy atom. The van der Waals surface area contributed by atoms with Crippen molar-refractivity contribution >= 4 is 11.5 Å². The van der Waals surface area contributed by atoms with Gasteiger partial charge in [-0.25, -0.2) is 13.9 Å². The third-order valence-electron chi connectivity index (χ3n) is 3.92. The number of rotatable bonds is 2. The summed E-state index contributed by atoms with van der Waals surface area (Å²) in [5.41, 5.74) is 6.38. The van der Waals surface area contributed by atoms with E-state index in [0.29, 0.717) is 31.6 Å². The van der Waals surface area contributed by atoms with Gasteiger partial charge >= 0.3 is 6.18 Å². The van der Waals surface area contributed by atoms with Crippen LogP contribution in [0.25, 0.3) is 5.52 Å². The van der Waals surface area contributed by atoms with Crippen LogP contribution in [0.1, 0.15) is 24.5 Å². The number of hydrogen-bond acceptors (Lipinski definition) is 4. The van der Waals surface area contributed by atoms with Crippen molar-refractivity contribution in [2.75, 3.05) is 25.4 Å². The van der Waals surface area contributed by atoms with Crippen LogP contribution in [0.3, 0.4) is 0 Å². The summed E-state index contributed by atoms with van der Waals surface area (Å²) in [6.45, 7) is -0.267. The maximum Gasteiger partial charge on any atom is 0.401 e. The van der Waals surface area contributed by atoms with Crippen molar-refractivity contribution < 1.29 is 17.6 Å². The van der Waals surface area contributed by atoms with Gasteiger partial charge in [-0.05, 0) is 32.0 Å². The second-order valence-corrected chi connectivity index (χ2v) is 5.50. The first-order valence-corrected chi connectivity index (χ1v) is 6.92. The van der Waals surface area contributed by atoms with Crippen molar-refractivity contribution in [2.24, 2.45) is 0 Å². The van der Waals surface area contributed by atoms with Crippen molar-refractivity contribution in [3.8, 4) is 0 Å². The number of nitrogens with two attached hydrogens (primary N) is 1. The number of likely N-dealkylation sites (tertiary alicyclic amines) is 1. The molecule has 0 saturated carbocycles. The minimum atomic E-state index is -4.19. The molecule has 0 unspecified atom stereocenters. The highest BCUT2D eigenvalue weighted by Crippen LogP contribution is 2.31. The zero-order valence-electron chi connectivity index (χ0n) is 11.6. The number of piperidine rings is 1. The van der Waals surface area contributed by atoms with Crippen LogP contribution in [0.15, 0.2) is 12.3 Å². The minimum Gasteiger partial charge on any atom is -0.367 e. The summed E-state index contributed by atoms with van der Waals surface area (Å²) in [5, 5.41) is 4.00. The van der Waals surface area contributed by atoms with E-state index in [0.717, 1.165) is 0 Å². The van der Waals surface area contributed by atoms with Crippen LogP contribution >= 0.6 is 0 Å². The Balaban J connectivity index is 1.78. The number of alkyl halides is 3. The van der Waals surface area contributed by atoms with Gasteiger partial charge in [0.1, 0.15) is 5.52 Å². The molecule has 0 aliphatic carbocycles. The minimum absolute atomic E-state index is 0.0267. The highest BCUT2D eigenvalue weighted by atomic mass is 19.4. The quantitative estimate of drug-likeness (QED) is 0.863. The van der Waals surface area contributed by atoms with Crippen molar-refractivity contribution in [1.82, 2.24) is 19.5 Å². The summed E-state index contributed by atoms with van der Waals surface area (Å²) in [6.07, 6.45) is -1.85. The number of nitrogens with zero attached hydrogens (tertiary/aromatic N) is 4. The van der Waals surface area contributed by atoms with E-state index in [1.54, 1.807) is 0 Å². The van der Waals surface area contributed by atoms with Crippen molar-refractivity contribution in [3.05, 3.63) is 23.8 Å². The Kier molecular flexibility index (Phi) is 3.67. The molecule has 22 heavy (non-hydrogen) atoms. The number of fused-ring (bicyclic) bond motifs is 1. The summed E-state index contributed by atoms with van der Waals surface area (Å²) >= 11 is 0. The van der Waals surface area contributed by atoms with Crippen LogP contribution < -0.4 is 5.73 Å². The van der Waals surface area contributed by atoms with Gasteiger partial charge in [-0.15, -0.1) is 5.10 Å². The van der Waals surface area contributed by atoms with Crippen LogP contribution in [0, 0.1) is 5.82 Å². The van der Waals surface area contributed by atoms with Crippen molar-refractivity contribution in [1.29, 1.82) is 0 Å². The zero-order valence-corrected chi connectivity index (χ0v) is 11.6. The van der Waals surface area contributed by atoms with Crippen molar-refractivity contribution in [3.63, 3.8) is 0 Å². The monoisotopic (exact) mass is 317 g/mol. The molecule has 5 nitrogen and oxygen atoms in total. The molecule has 0 atom stereocenters. The third-order valence-corrected chi connectivity index (χ3v) is 3.92. The Labute approximate surface area is 123 Å². The van der Waals surface area contributed by atoms with Gasteiger partial charge in [-0.2, -0.15) is 13.2 Å². The van der Waals surface area contributed by atoms with E-state index in [9.17, 15) is 17.6 Å². The van der Waals surface area contributed by atoms with Gasteiger partial charge in [0.25, 0.3) is 0 Å². The lowest BCUT2D eigenvalue weighted by atomic mass is 9.93. The Morgan fingerprint density at radius 1 is 1.27 bits per heavy atom. The molecule has 0 aromatic carbocycles.